The molecule has 2 N–H and O–H groups in total. The van der Waals surface area contributed by atoms with Gasteiger partial charge in [0.2, 0.25) is 15.9 Å². The summed E-state index contributed by atoms with van der Waals surface area (Å²) in [6, 6.07) is 18.9. The summed E-state index contributed by atoms with van der Waals surface area (Å²) in [5.41, 5.74) is 1.54. The summed E-state index contributed by atoms with van der Waals surface area (Å²) in [5, 5.41) is 16.8. The van der Waals surface area contributed by atoms with E-state index in [0.29, 0.717) is 10.2 Å². The number of sulfonamides is 1. The number of hydrogen-bond acceptors (Lipinski definition) is 8. The smallest absolute Gasteiger partial charge is 0.269 e. The molecule has 0 bridgehead atoms. The number of thiazole rings is 1. The first kappa shape index (κ1) is 29.3. The van der Waals surface area contributed by atoms with E-state index in [9.17, 15) is 23.3 Å². The summed E-state index contributed by atoms with van der Waals surface area (Å²) in [6.45, 7) is 0. The summed E-state index contributed by atoms with van der Waals surface area (Å²) in [7, 11) is -4.03. The molecular weight excluding hydrogens is 598 g/mol. The number of aromatic nitrogens is 2. The average Bonchev–Trinajstić information content (AvgIpc) is 3.44. The number of pyridine rings is 1. The zero-order chi connectivity index (χ0) is 29.7. The summed E-state index contributed by atoms with van der Waals surface area (Å²) < 4.78 is 28.9. The fourth-order valence-electron chi connectivity index (χ4n) is 4.37. The topological polar surface area (TPSA) is 144 Å². The molecule has 5 rings (SSSR count). The maximum absolute atomic E-state index is 13.1. The highest BCUT2D eigenvalue weighted by molar-refractivity contribution is 7.89. The number of anilines is 1. The number of carbonyl (C=O) groups excluding carboxylic acids is 1. The zero-order valence-electron chi connectivity index (χ0n) is 21.9. The van der Waals surface area contributed by atoms with E-state index in [1.54, 1.807) is 36.8 Å². The van der Waals surface area contributed by atoms with Crippen LogP contribution >= 0.6 is 22.9 Å². The molecule has 3 aromatic carbocycles. The Kier molecular flexibility index (Phi) is 8.88. The van der Waals surface area contributed by atoms with Crippen molar-refractivity contribution in [2.45, 2.75) is 30.2 Å². The molecule has 1 atom stereocenters. The minimum Gasteiger partial charge on any atom is -0.302 e. The van der Waals surface area contributed by atoms with Gasteiger partial charge >= 0.3 is 0 Å². The fourth-order valence-corrected chi connectivity index (χ4v) is 6.69. The second-order valence-corrected chi connectivity index (χ2v) is 12.6. The second-order valence-electron chi connectivity index (χ2n) is 9.46. The lowest BCUT2D eigenvalue weighted by Gasteiger charge is -2.19. The average molecular weight is 622 g/mol. The van der Waals surface area contributed by atoms with E-state index >= 15 is 0 Å². The third-order valence-electron chi connectivity index (χ3n) is 6.45. The van der Waals surface area contributed by atoms with Gasteiger partial charge in [0, 0.05) is 53.6 Å². The second kappa shape index (κ2) is 12.7. The Morgan fingerprint density at radius 3 is 2.60 bits per heavy atom. The van der Waals surface area contributed by atoms with Crippen molar-refractivity contribution in [3.05, 3.63) is 112 Å². The van der Waals surface area contributed by atoms with E-state index in [4.69, 9.17) is 11.6 Å². The molecule has 42 heavy (non-hydrogen) atoms. The van der Waals surface area contributed by atoms with Gasteiger partial charge in [-0.05, 0) is 65.8 Å². The number of nitrogens with one attached hydrogen (secondary N) is 2. The van der Waals surface area contributed by atoms with E-state index in [1.807, 2.05) is 30.3 Å². The van der Waals surface area contributed by atoms with Gasteiger partial charge in [0.1, 0.15) is 0 Å². The number of nitro benzene ring substituents is 1. The Bertz CT molecular complexity index is 1860. The highest BCUT2D eigenvalue weighted by atomic mass is 35.5. The Morgan fingerprint density at radius 2 is 1.83 bits per heavy atom. The number of nitro groups is 1. The number of amides is 1. The van der Waals surface area contributed by atoms with Crippen molar-refractivity contribution in [2.24, 2.45) is 0 Å². The van der Waals surface area contributed by atoms with Gasteiger partial charge in [0.05, 0.1) is 14.7 Å². The van der Waals surface area contributed by atoms with Crippen LogP contribution in [0.5, 0.6) is 0 Å². The maximum atomic E-state index is 13.1. The van der Waals surface area contributed by atoms with Crippen molar-refractivity contribution in [3.63, 3.8) is 0 Å². The Morgan fingerprint density at radius 1 is 1.02 bits per heavy atom. The molecule has 2 aromatic heterocycles. The largest absolute Gasteiger partial charge is 0.302 e. The number of hydrogen-bond donors (Lipinski definition) is 2. The van der Waals surface area contributed by atoms with Gasteiger partial charge in [-0.15, -0.1) is 0 Å². The quantitative estimate of drug-likeness (QED) is 0.131. The van der Waals surface area contributed by atoms with Crippen LogP contribution in [0.1, 0.15) is 18.4 Å². The van der Waals surface area contributed by atoms with Crippen LogP contribution in [0.4, 0.5) is 10.8 Å². The fraction of sp³-hybridized carbons (Fsp3) is 0.138. The molecule has 0 aliphatic rings. The molecular formula is C29H24ClN5O5S2. The van der Waals surface area contributed by atoms with Gasteiger partial charge in [0.25, 0.3) is 5.69 Å². The first-order chi connectivity index (χ1) is 20.2. The molecule has 1 amide bonds. The van der Waals surface area contributed by atoms with E-state index in [-0.39, 0.29) is 35.8 Å². The van der Waals surface area contributed by atoms with Crippen LogP contribution in [0.3, 0.4) is 0 Å². The van der Waals surface area contributed by atoms with Crippen molar-refractivity contribution >= 4 is 60.5 Å². The Hall–Kier alpha value is -4.23. The Balaban J connectivity index is 1.26. The van der Waals surface area contributed by atoms with Gasteiger partial charge in [-0.2, -0.15) is 0 Å². The maximum Gasteiger partial charge on any atom is 0.269 e. The van der Waals surface area contributed by atoms with Gasteiger partial charge in [-0.25, -0.2) is 18.1 Å². The number of fused-ring (bicyclic) bond motifs is 1. The van der Waals surface area contributed by atoms with Gasteiger partial charge < -0.3 is 5.32 Å². The van der Waals surface area contributed by atoms with Gasteiger partial charge in [0.15, 0.2) is 5.13 Å². The molecule has 13 heteroatoms. The minimum atomic E-state index is -4.03. The molecule has 0 aliphatic carbocycles. The first-order valence-corrected chi connectivity index (χ1v) is 15.4. The molecule has 10 nitrogen and oxygen atoms in total. The standard InChI is InChI=1S/C29H24ClN5O5S2/c30-23-3-1-2-19(14-23)15-24(34-42(39,40)26-9-7-25(8-10-26)35(37)38)6-11-28(36)33-29-32-18-27(41-29)21-4-5-22-17-31-13-12-20(22)16-21/h1-5,7-10,12-14,16-18,24,34H,6,11,15H2,(H,32,33,36)/t24-/m0/s1. The molecule has 0 saturated carbocycles. The highest BCUT2D eigenvalue weighted by Crippen LogP contribution is 2.31. The number of rotatable bonds is 11. The molecule has 0 spiro atoms. The van der Waals surface area contributed by atoms with Crippen molar-refractivity contribution in [1.82, 2.24) is 14.7 Å². The van der Waals surface area contributed by atoms with E-state index in [2.05, 4.69) is 20.0 Å². The highest BCUT2D eigenvalue weighted by Gasteiger charge is 2.23. The van der Waals surface area contributed by atoms with Crippen molar-refractivity contribution in [2.75, 3.05) is 5.32 Å². The summed E-state index contributed by atoms with van der Waals surface area (Å²) in [6.07, 6.45) is 5.70. The van der Waals surface area contributed by atoms with Crippen LogP contribution in [0.15, 0.2) is 96.3 Å². The normalized spacial score (nSPS) is 12.2. The van der Waals surface area contributed by atoms with Crippen molar-refractivity contribution < 1.29 is 18.1 Å². The lowest BCUT2D eigenvalue weighted by molar-refractivity contribution is -0.384. The number of carbonyl (C=O) groups is 1. The molecule has 0 unspecified atom stereocenters. The lowest BCUT2D eigenvalue weighted by Crippen LogP contribution is -2.37. The Labute approximate surface area is 250 Å². The van der Waals surface area contributed by atoms with E-state index in [1.165, 1.54) is 23.5 Å². The molecule has 2 heterocycles. The summed E-state index contributed by atoms with van der Waals surface area (Å²) in [4.78, 5) is 32.5. The molecule has 0 saturated heterocycles. The molecule has 0 fully saturated rings. The first-order valence-electron chi connectivity index (χ1n) is 12.8. The van der Waals surface area contributed by atoms with E-state index < -0.39 is 21.0 Å². The molecule has 214 valence electrons. The number of halogens is 1. The predicted octanol–water partition coefficient (Wildman–Crippen LogP) is 6.23. The lowest BCUT2D eigenvalue weighted by atomic mass is 10.0. The third kappa shape index (κ3) is 7.34. The number of benzene rings is 3. The summed E-state index contributed by atoms with van der Waals surface area (Å²) >= 11 is 7.46. The van der Waals surface area contributed by atoms with Crippen LogP contribution in [0, 0.1) is 10.1 Å². The van der Waals surface area contributed by atoms with Crippen LogP contribution in [-0.4, -0.2) is 35.3 Å². The van der Waals surface area contributed by atoms with Crippen LogP contribution in [0.2, 0.25) is 5.02 Å². The van der Waals surface area contributed by atoms with E-state index in [0.717, 1.165) is 38.9 Å². The van der Waals surface area contributed by atoms with Crippen LogP contribution < -0.4 is 10.0 Å². The van der Waals surface area contributed by atoms with Crippen LogP contribution in [-0.2, 0) is 21.2 Å². The monoisotopic (exact) mass is 621 g/mol. The van der Waals surface area contributed by atoms with Crippen molar-refractivity contribution in [1.29, 1.82) is 0 Å². The summed E-state index contributed by atoms with van der Waals surface area (Å²) in [5.74, 6) is -0.314. The molecule has 0 aliphatic heterocycles. The van der Waals surface area contributed by atoms with Gasteiger partial charge in [-0.3, -0.25) is 19.9 Å². The third-order valence-corrected chi connectivity index (χ3v) is 9.18. The number of non-ortho nitro benzene ring substituents is 1. The van der Waals surface area contributed by atoms with Gasteiger partial charge in [-0.1, -0.05) is 47.2 Å². The SMILES string of the molecule is O=C(CC[C@@H](Cc1cccc(Cl)c1)NS(=O)(=O)c1ccc([N+](=O)[O-])cc1)Nc1ncc(-c2ccc3cnccc3c2)s1. The predicted molar refractivity (Wildman–Crippen MR) is 163 cm³/mol. The molecule has 0 radical (unpaired) electrons. The van der Waals surface area contributed by atoms with Crippen molar-refractivity contribution in [3.8, 4) is 10.4 Å². The van der Waals surface area contributed by atoms with Crippen LogP contribution in [0.25, 0.3) is 21.2 Å². The minimum absolute atomic E-state index is 0.0197. The number of nitrogens with zero attached hydrogens (tertiary/aromatic N) is 3. The zero-order valence-corrected chi connectivity index (χ0v) is 24.3. The molecule has 5 aromatic rings.